The van der Waals surface area contributed by atoms with Crippen molar-refractivity contribution in [2.45, 2.75) is 19.8 Å². The highest BCUT2D eigenvalue weighted by atomic mass is 127. The zero-order valence-electron chi connectivity index (χ0n) is 15.1. The number of rotatable bonds is 7. The maximum Gasteiger partial charge on any atom is 0.244 e. The van der Waals surface area contributed by atoms with Gasteiger partial charge in [-0.3, -0.25) is 4.79 Å². The molecule has 0 spiro atoms. The Labute approximate surface area is 167 Å². The number of guanidine groups is 1. The summed E-state index contributed by atoms with van der Waals surface area (Å²) in [7, 11) is 1.95. The van der Waals surface area contributed by atoms with Crippen LogP contribution in [0.1, 0.15) is 19.8 Å². The number of likely N-dealkylation sites (tertiary alicyclic amines) is 1. The van der Waals surface area contributed by atoms with E-state index in [-0.39, 0.29) is 36.4 Å². The summed E-state index contributed by atoms with van der Waals surface area (Å²) in [6, 6.07) is 9.75. The smallest absolute Gasteiger partial charge is 0.244 e. The number of ether oxygens (including phenoxy) is 1. The molecule has 2 rings (SSSR count). The zero-order valence-corrected chi connectivity index (χ0v) is 17.4. The molecular formula is C18H29IN4O2. The third-order valence-corrected chi connectivity index (χ3v) is 3.96. The largest absolute Gasteiger partial charge is 0.492 e. The van der Waals surface area contributed by atoms with Gasteiger partial charge in [0.2, 0.25) is 5.91 Å². The zero-order chi connectivity index (χ0) is 17.2. The number of benzene rings is 1. The van der Waals surface area contributed by atoms with Crippen LogP contribution in [0.3, 0.4) is 0 Å². The van der Waals surface area contributed by atoms with Crippen molar-refractivity contribution in [1.29, 1.82) is 0 Å². The fraction of sp³-hybridized carbons (Fsp3) is 0.556. The lowest BCUT2D eigenvalue weighted by molar-refractivity contribution is -0.128. The van der Waals surface area contributed by atoms with Gasteiger partial charge in [-0.1, -0.05) is 18.2 Å². The Kier molecular flexibility index (Phi) is 10.3. The minimum absolute atomic E-state index is 0. The number of carbonyl (C=O) groups excluding carboxylic acids is 1. The van der Waals surface area contributed by atoms with Crippen LogP contribution in [0.25, 0.3) is 0 Å². The molecule has 0 aromatic heterocycles. The predicted octanol–water partition coefficient (Wildman–Crippen LogP) is 2.20. The molecule has 25 heavy (non-hydrogen) atoms. The molecule has 1 aliphatic rings. The third-order valence-electron chi connectivity index (χ3n) is 3.96. The van der Waals surface area contributed by atoms with Crippen LogP contribution in [0.4, 0.5) is 0 Å². The number of hydrogen-bond acceptors (Lipinski definition) is 3. The van der Waals surface area contributed by atoms with E-state index in [9.17, 15) is 4.79 Å². The summed E-state index contributed by atoms with van der Waals surface area (Å²) in [5.41, 5.74) is 0. The topological polar surface area (TPSA) is 57.2 Å². The first kappa shape index (κ1) is 21.5. The van der Waals surface area contributed by atoms with Gasteiger partial charge in [0.05, 0.1) is 6.54 Å². The molecule has 0 unspecified atom stereocenters. The molecule has 1 fully saturated rings. The second kappa shape index (κ2) is 11.9. The number of amides is 1. The standard InChI is InChI=1S/C18H28N4O2.HI/c1-3-19-18(20-15-17(23)22-11-7-8-12-22)21(2)13-14-24-16-9-5-4-6-10-16;/h4-6,9-10H,3,7-8,11-15H2,1-2H3,(H,19,20);1H. The minimum atomic E-state index is 0. The molecule has 0 radical (unpaired) electrons. The molecule has 1 aliphatic heterocycles. The first-order chi connectivity index (χ1) is 11.7. The molecule has 1 heterocycles. The van der Waals surface area contributed by atoms with Crippen molar-refractivity contribution in [1.82, 2.24) is 15.1 Å². The molecule has 0 aliphatic carbocycles. The van der Waals surface area contributed by atoms with Gasteiger partial charge in [-0.15, -0.1) is 24.0 Å². The number of nitrogens with one attached hydrogen (secondary N) is 1. The van der Waals surface area contributed by atoms with E-state index in [0.717, 1.165) is 44.2 Å². The molecule has 0 saturated carbocycles. The molecular weight excluding hydrogens is 431 g/mol. The van der Waals surface area contributed by atoms with Crippen molar-refractivity contribution < 1.29 is 9.53 Å². The summed E-state index contributed by atoms with van der Waals surface area (Å²) >= 11 is 0. The molecule has 6 nitrogen and oxygen atoms in total. The lowest BCUT2D eigenvalue weighted by Gasteiger charge is -2.22. The van der Waals surface area contributed by atoms with E-state index >= 15 is 0 Å². The molecule has 0 bridgehead atoms. The van der Waals surface area contributed by atoms with Gasteiger partial charge in [-0.05, 0) is 31.9 Å². The van der Waals surface area contributed by atoms with Crippen molar-refractivity contribution in [3.05, 3.63) is 30.3 Å². The number of para-hydroxylation sites is 1. The van der Waals surface area contributed by atoms with Crippen molar-refractivity contribution in [3.8, 4) is 5.75 Å². The minimum Gasteiger partial charge on any atom is -0.492 e. The molecule has 7 heteroatoms. The van der Waals surface area contributed by atoms with E-state index in [0.29, 0.717) is 13.2 Å². The number of aliphatic imine (C=N–C) groups is 1. The maximum atomic E-state index is 12.1. The first-order valence-electron chi connectivity index (χ1n) is 8.65. The summed E-state index contributed by atoms with van der Waals surface area (Å²) in [5, 5.41) is 3.23. The Morgan fingerprint density at radius 3 is 2.60 bits per heavy atom. The van der Waals surface area contributed by atoms with E-state index < -0.39 is 0 Å². The Balaban J connectivity index is 0.00000312. The van der Waals surface area contributed by atoms with Gasteiger partial charge in [-0.2, -0.15) is 0 Å². The normalized spacial score (nSPS) is 14.0. The second-order valence-electron chi connectivity index (χ2n) is 5.84. The Morgan fingerprint density at radius 2 is 1.96 bits per heavy atom. The van der Waals surface area contributed by atoms with Gasteiger partial charge in [0.1, 0.15) is 18.9 Å². The number of carbonyl (C=O) groups is 1. The van der Waals surface area contributed by atoms with Crippen LogP contribution in [-0.4, -0.2) is 68.0 Å². The number of hydrogen-bond donors (Lipinski definition) is 1. The molecule has 1 aromatic carbocycles. The molecule has 1 amide bonds. The third kappa shape index (κ3) is 7.50. The highest BCUT2D eigenvalue weighted by molar-refractivity contribution is 14.0. The lowest BCUT2D eigenvalue weighted by Crippen LogP contribution is -2.41. The first-order valence-corrected chi connectivity index (χ1v) is 8.65. The van der Waals surface area contributed by atoms with Crippen molar-refractivity contribution in [2.24, 2.45) is 4.99 Å². The SMILES string of the molecule is CCNC(=NCC(=O)N1CCCC1)N(C)CCOc1ccccc1.I. The Bertz CT molecular complexity index is 533. The molecule has 0 atom stereocenters. The van der Waals surface area contributed by atoms with Crippen LogP contribution < -0.4 is 10.1 Å². The van der Waals surface area contributed by atoms with Gasteiger partial charge < -0.3 is 19.9 Å². The Hall–Kier alpha value is -1.51. The Morgan fingerprint density at radius 1 is 1.28 bits per heavy atom. The van der Waals surface area contributed by atoms with Crippen molar-refractivity contribution in [2.75, 3.05) is 46.4 Å². The highest BCUT2D eigenvalue weighted by Crippen LogP contribution is 2.08. The average Bonchev–Trinajstić information content (AvgIpc) is 3.14. The molecule has 1 saturated heterocycles. The second-order valence-corrected chi connectivity index (χ2v) is 5.84. The number of halogens is 1. The lowest BCUT2D eigenvalue weighted by atomic mass is 10.3. The summed E-state index contributed by atoms with van der Waals surface area (Å²) in [6.07, 6.45) is 2.21. The fourth-order valence-corrected chi connectivity index (χ4v) is 2.60. The maximum absolute atomic E-state index is 12.1. The van der Waals surface area contributed by atoms with Gasteiger partial charge >= 0.3 is 0 Å². The van der Waals surface area contributed by atoms with Crippen LogP contribution in [-0.2, 0) is 4.79 Å². The van der Waals surface area contributed by atoms with Gasteiger partial charge in [-0.25, -0.2) is 4.99 Å². The van der Waals surface area contributed by atoms with E-state index in [2.05, 4.69) is 10.3 Å². The number of nitrogens with zero attached hydrogens (tertiary/aromatic N) is 3. The van der Waals surface area contributed by atoms with Gasteiger partial charge in [0, 0.05) is 26.7 Å². The molecule has 1 aromatic rings. The van der Waals surface area contributed by atoms with Gasteiger partial charge in [0.15, 0.2) is 5.96 Å². The monoisotopic (exact) mass is 460 g/mol. The number of likely N-dealkylation sites (N-methyl/N-ethyl adjacent to an activating group) is 1. The van der Waals surface area contributed by atoms with E-state index in [1.807, 2.05) is 54.1 Å². The average molecular weight is 460 g/mol. The summed E-state index contributed by atoms with van der Waals surface area (Å²) in [5.74, 6) is 1.70. The van der Waals surface area contributed by atoms with Crippen LogP contribution in [0.2, 0.25) is 0 Å². The van der Waals surface area contributed by atoms with Gasteiger partial charge in [0.25, 0.3) is 0 Å². The fourth-order valence-electron chi connectivity index (χ4n) is 2.60. The highest BCUT2D eigenvalue weighted by Gasteiger charge is 2.17. The molecule has 140 valence electrons. The predicted molar refractivity (Wildman–Crippen MR) is 112 cm³/mol. The van der Waals surface area contributed by atoms with Crippen LogP contribution in [0.15, 0.2) is 35.3 Å². The van der Waals surface area contributed by atoms with Crippen LogP contribution in [0, 0.1) is 0 Å². The quantitative estimate of drug-likeness (QED) is 0.385. The van der Waals surface area contributed by atoms with E-state index in [1.54, 1.807) is 0 Å². The van der Waals surface area contributed by atoms with Crippen molar-refractivity contribution in [3.63, 3.8) is 0 Å². The molecule has 1 N–H and O–H groups in total. The van der Waals surface area contributed by atoms with Crippen molar-refractivity contribution >= 4 is 35.8 Å². The van der Waals surface area contributed by atoms with E-state index in [4.69, 9.17) is 4.74 Å². The van der Waals surface area contributed by atoms with E-state index in [1.165, 1.54) is 0 Å². The summed E-state index contributed by atoms with van der Waals surface area (Å²) < 4.78 is 5.71. The van der Waals surface area contributed by atoms with Crippen LogP contribution in [0.5, 0.6) is 5.75 Å². The summed E-state index contributed by atoms with van der Waals surface area (Å²) in [6.45, 7) is 5.97. The van der Waals surface area contributed by atoms with Crippen LogP contribution >= 0.6 is 24.0 Å². The summed E-state index contributed by atoms with van der Waals surface area (Å²) in [4.78, 5) is 20.5.